The molecule has 1 heterocycles. The lowest BCUT2D eigenvalue weighted by Gasteiger charge is -2.25. The van der Waals surface area contributed by atoms with E-state index >= 15 is 0 Å². The molecular formula is C20H19BrClN3O3S. The first-order chi connectivity index (χ1) is 13.7. The number of amides is 3. The van der Waals surface area contributed by atoms with Crippen molar-refractivity contribution >= 4 is 68.4 Å². The number of rotatable bonds is 5. The number of benzene rings is 2. The number of hydrogen-bond acceptors (Lipinski definition) is 4. The molecule has 0 radical (unpaired) electrons. The maximum absolute atomic E-state index is 12.5. The van der Waals surface area contributed by atoms with Gasteiger partial charge in [-0.2, -0.15) is 0 Å². The largest absolute Gasteiger partial charge is 0.336 e. The average molecular weight is 497 g/mol. The highest BCUT2D eigenvalue weighted by Gasteiger charge is 2.30. The second kappa shape index (κ2) is 9.19. The highest BCUT2D eigenvalue weighted by molar-refractivity contribution is 9.10. The SMILES string of the molecule is Cc1cc(Br)ccc1NC(=O)CN(C)C(=O)CC1Sc2ccc(Cl)cc2NC1=O. The monoisotopic (exact) mass is 495 g/mol. The van der Waals surface area contributed by atoms with Gasteiger partial charge in [0.25, 0.3) is 0 Å². The minimum absolute atomic E-state index is 0.000339. The van der Waals surface area contributed by atoms with Crippen LogP contribution in [-0.2, 0) is 14.4 Å². The third-order valence-electron chi connectivity index (χ3n) is 4.39. The number of aryl methyl sites for hydroxylation is 1. The van der Waals surface area contributed by atoms with Crippen LogP contribution in [0.2, 0.25) is 5.02 Å². The van der Waals surface area contributed by atoms with E-state index in [1.54, 1.807) is 25.2 Å². The number of fused-ring (bicyclic) bond motifs is 1. The number of nitrogens with zero attached hydrogens (tertiary/aromatic N) is 1. The van der Waals surface area contributed by atoms with Crippen molar-refractivity contribution in [2.45, 2.75) is 23.5 Å². The minimum Gasteiger partial charge on any atom is -0.336 e. The van der Waals surface area contributed by atoms with Gasteiger partial charge in [-0.05, 0) is 48.9 Å². The van der Waals surface area contributed by atoms with Gasteiger partial charge in [0, 0.05) is 33.5 Å². The summed E-state index contributed by atoms with van der Waals surface area (Å²) in [5, 5.41) is 5.56. The molecule has 0 fully saturated rings. The van der Waals surface area contributed by atoms with E-state index in [9.17, 15) is 14.4 Å². The predicted octanol–water partition coefficient (Wildman–Crippen LogP) is 4.31. The normalized spacial score (nSPS) is 15.3. The summed E-state index contributed by atoms with van der Waals surface area (Å²) in [6.45, 7) is 1.79. The van der Waals surface area contributed by atoms with Crippen molar-refractivity contribution in [3.05, 3.63) is 51.5 Å². The number of carbonyl (C=O) groups is 3. The molecule has 2 aromatic carbocycles. The van der Waals surface area contributed by atoms with Crippen LogP contribution in [0, 0.1) is 6.92 Å². The predicted molar refractivity (Wildman–Crippen MR) is 119 cm³/mol. The zero-order valence-electron chi connectivity index (χ0n) is 15.8. The van der Waals surface area contributed by atoms with E-state index in [1.807, 2.05) is 25.1 Å². The fourth-order valence-electron chi connectivity index (χ4n) is 2.83. The third-order valence-corrected chi connectivity index (χ3v) is 6.39. The molecule has 2 aromatic rings. The molecule has 152 valence electrons. The zero-order valence-corrected chi connectivity index (χ0v) is 19.0. The minimum atomic E-state index is -0.560. The van der Waals surface area contributed by atoms with Crippen LogP contribution in [0.3, 0.4) is 0 Å². The van der Waals surface area contributed by atoms with E-state index in [-0.39, 0.29) is 30.7 Å². The van der Waals surface area contributed by atoms with E-state index in [0.29, 0.717) is 16.4 Å². The molecule has 1 atom stereocenters. The Morgan fingerprint density at radius 1 is 1.28 bits per heavy atom. The molecule has 1 unspecified atom stereocenters. The van der Waals surface area contributed by atoms with Gasteiger partial charge in [-0.15, -0.1) is 11.8 Å². The fourth-order valence-corrected chi connectivity index (χ4v) is 4.56. The number of anilines is 2. The topological polar surface area (TPSA) is 78.5 Å². The zero-order chi connectivity index (χ0) is 21.1. The summed E-state index contributed by atoms with van der Waals surface area (Å²) in [4.78, 5) is 39.4. The van der Waals surface area contributed by atoms with E-state index in [4.69, 9.17) is 11.6 Å². The van der Waals surface area contributed by atoms with Gasteiger partial charge in [-0.3, -0.25) is 14.4 Å². The van der Waals surface area contributed by atoms with Crippen molar-refractivity contribution in [2.24, 2.45) is 0 Å². The molecule has 29 heavy (non-hydrogen) atoms. The van der Waals surface area contributed by atoms with E-state index in [0.717, 1.165) is 14.9 Å². The Morgan fingerprint density at radius 3 is 2.76 bits per heavy atom. The summed E-state index contributed by atoms with van der Waals surface area (Å²) in [6, 6.07) is 10.8. The molecule has 0 aromatic heterocycles. The van der Waals surface area contributed by atoms with Gasteiger partial charge < -0.3 is 15.5 Å². The van der Waals surface area contributed by atoms with Crippen molar-refractivity contribution in [2.75, 3.05) is 24.2 Å². The van der Waals surface area contributed by atoms with Gasteiger partial charge in [0.15, 0.2) is 0 Å². The van der Waals surface area contributed by atoms with Crippen LogP contribution in [0.1, 0.15) is 12.0 Å². The van der Waals surface area contributed by atoms with Crippen LogP contribution < -0.4 is 10.6 Å². The molecular weight excluding hydrogens is 478 g/mol. The molecule has 0 bridgehead atoms. The number of thioether (sulfide) groups is 1. The molecule has 1 aliphatic heterocycles. The van der Waals surface area contributed by atoms with Crippen molar-refractivity contribution in [1.29, 1.82) is 0 Å². The summed E-state index contributed by atoms with van der Waals surface area (Å²) in [5.74, 6) is -0.828. The van der Waals surface area contributed by atoms with Gasteiger partial charge >= 0.3 is 0 Å². The Labute approximate surface area is 186 Å². The maximum Gasteiger partial charge on any atom is 0.243 e. The van der Waals surface area contributed by atoms with Gasteiger partial charge in [0.1, 0.15) is 0 Å². The first kappa shape index (κ1) is 21.7. The summed E-state index contributed by atoms with van der Waals surface area (Å²) >= 11 is 10.7. The van der Waals surface area contributed by atoms with Crippen LogP contribution in [0.4, 0.5) is 11.4 Å². The first-order valence-corrected chi connectivity index (χ1v) is 10.8. The van der Waals surface area contributed by atoms with Crippen LogP contribution in [0.25, 0.3) is 0 Å². The van der Waals surface area contributed by atoms with Gasteiger partial charge in [-0.1, -0.05) is 27.5 Å². The molecule has 3 rings (SSSR count). The molecule has 1 aliphatic rings. The average Bonchev–Trinajstić information content (AvgIpc) is 2.64. The Hall–Kier alpha value is -2.03. The Bertz CT molecular complexity index is 985. The van der Waals surface area contributed by atoms with Crippen molar-refractivity contribution in [1.82, 2.24) is 4.90 Å². The van der Waals surface area contributed by atoms with Crippen LogP contribution in [0.5, 0.6) is 0 Å². The Balaban J connectivity index is 1.57. The molecule has 3 amide bonds. The van der Waals surface area contributed by atoms with Crippen molar-refractivity contribution in [3.63, 3.8) is 0 Å². The Morgan fingerprint density at radius 2 is 2.03 bits per heavy atom. The van der Waals surface area contributed by atoms with Crippen molar-refractivity contribution in [3.8, 4) is 0 Å². The molecule has 0 saturated heterocycles. The lowest BCUT2D eigenvalue weighted by atomic mass is 10.2. The number of halogens is 2. The molecule has 0 spiro atoms. The van der Waals surface area contributed by atoms with Crippen molar-refractivity contribution < 1.29 is 14.4 Å². The highest BCUT2D eigenvalue weighted by atomic mass is 79.9. The van der Waals surface area contributed by atoms with Gasteiger partial charge in [0.2, 0.25) is 17.7 Å². The lowest BCUT2D eigenvalue weighted by Crippen LogP contribution is -2.39. The van der Waals surface area contributed by atoms with E-state index in [2.05, 4.69) is 26.6 Å². The van der Waals surface area contributed by atoms with Crippen LogP contribution in [0.15, 0.2) is 45.8 Å². The van der Waals surface area contributed by atoms with Gasteiger partial charge in [-0.25, -0.2) is 0 Å². The quantitative estimate of drug-likeness (QED) is 0.646. The third kappa shape index (κ3) is 5.52. The van der Waals surface area contributed by atoms with E-state index < -0.39 is 5.25 Å². The number of likely N-dealkylation sites (N-methyl/N-ethyl adjacent to an activating group) is 1. The smallest absolute Gasteiger partial charge is 0.243 e. The second-order valence-corrected chi connectivity index (χ2v) is 9.29. The molecule has 6 nitrogen and oxygen atoms in total. The van der Waals surface area contributed by atoms with E-state index in [1.165, 1.54) is 16.7 Å². The standard InChI is InChI=1S/C20H19BrClN3O3S/c1-11-7-12(21)3-5-14(11)23-18(26)10-25(2)19(27)9-17-20(28)24-15-8-13(22)4-6-16(15)29-17/h3-8,17H,9-10H2,1-2H3,(H,23,26)(H,24,28). The number of carbonyl (C=O) groups excluding carboxylic acids is 3. The Kier molecular flexibility index (Phi) is 6.87. The molecule has 2 N–H and O–H groups in total. The van der Waals surface area contributed by atoms with Crippen LogP contribution >= 0.6 is 39.3 Å². The summed E-state index contributed by atoms with van der Waals surface area (Å²) in [7, 11) is 1.55. The number of nitrogens with one attached hydrogen (secondary N) is 2. The second-order valence-electron chi connectivity index (χ2n) is 6.70. The summed E-state index contributed by atoms with van der Waals surface area (Å²) in [5.41, 5.74) is 2.25. The lowest BCUT2D eigenvalue weighted by molar-refractivity contribution is -0.134. The summed E-state index contributed by atoms with van der Waals surface area (Å²) in [6.07, 6.45) is -0.000339. The number of hydrogen-bond donors (Lipinski definition) is 2. The fraction of sp³-hybridized carbons (Fsp3) is 0.250. The van der Waals surface area contributed by atoms with Gasteiger partial charge in [0.05, 0.1) is 17.5 Å². The molecule has 9 heteroatoms. The van der Waals surface area contributed by atoms with Crippen LogP contribution in [-0.4, -0.2) is 41.5 Å². The maximum atomic E-state index is 12.5. The molecule has 0 aliphatic carbocycles. The highest BCUT2D eigenvalue weighted by Crippen LogP contribution is 2.38. The molecule has 0 saturated carbocycles. The summed E-state index contributed by atoms with van der Waals surface area (Å²) < 4.78 is 0.924. The first-order valence-electron chi connectivity index (χ1n) is 8.80.